The van der Waals surface area contributed by atoms with E-state index < -0.39 is 11.5 Å². The Hall–Kier alpha value is -0.650. The Morgan fingerprint density at radius 1 is 1.39 bits per heavy atom. The van der Waals surface area contributed by atoms with Crippen LogP contribution in [0.2, 0.25) is 0 Å². The number of likely N-dealkylation sites (N-methyl/N-ethyl adjacent to an activating group) is 1. The van der Waals surface area contributed by atoms with Crippen LogP contribution in [-0.4, -0.2) is 60.9 Å². The molecule has 0 saturated carbocycles. The third kappa shape index (κ3) is 4.23. The van der Waals surface area contributed by atoms with E-state index >= 15 is 0 Å². The number of nitrogens with zero attached hydrogens (tertiary/aromatic N) is 1. The second kappa shape index (κ2) is 7.71. The number of morpholine rings is 1. The molecule has 0 bridgehead atoms. The second-order valence-electron chi connectivity index (χ2n) is 4.83. The standard InChI is InChI=1S/C13H26N2O3/c1-3-13(12(16)17,14-4-2)6-5-7-15-8-10-18-11-9-15/h14H,3-11H2,1-2H3,(H,16,17). The van der Waals surface area contributed by atoms with Gasteiger partial charge in [0, 0.05) is 13.1 Å². The molecule has 0 aromatic heterocycles. The Morgan fingerprint density at radius 3 is 2.56 bits per heavy atom. The van der Waals surface area contributed by atoms with Crippen LogP contribution in [0.4, 0.5) is 0 Å². The Morgan fingerprint density at radius 2 is 2.06 bits per heavy atom. The van der Waals surface area contributed by atoms with Gasteiger partial charge < -0.3 is 15.2 Å². The largest absolute Gasteiger partial charge is 0.480 e. The predicted octanol–water partition coefficient (Wildman–Crippen LogP) is 0.942. The van der Waals surface area contributed by atoms with Gasteiger partial charge in [-0.05, 0) is 32.4 Å². The van der Waals surface area contributed by atoms with Crippen LogP contribution in [0, 0.1) is 0 Å². The molecule has 0 aromatic carbocycles. The van der Waals surface area contributed by atoms with Gasteiger partial charge in [0.05, 0.1) is 13.2 Å². The Labute approximate surface area is 109 Å². The van der Waals surface area contributed by atoms with E-state index in [1.807, 2.05) is 13.8 Å². The van der Waals surface area contributed by atoms with Crippen molar-refractivity contribution >= 4 is 5.97 Å². The van der Waals surface area contributed by atoms with E-state index in [1.54, 1.807) is 0 Å². The molecule has 0 aromatic rings. The van der Waals surface area contributed by atoms with Crippen LogP contribution in [0.25, 0.3) is 0 Å². The highest BCUT2D eigenvalue weighted by Gasteiger charge is 2.35. The summed E-state index contributed by atoms with van der Waals surface area (Å²) in [5.41, 5.74) is -0.749. The van der Waals surface area contributed by atoms with Crippen molar-refractivity contribution in [3.8, 4) is 0 Å². The lowest BCUT2D eigenvalue weighted by atomic mass is 9.90. The van der Waals surface area contributed by atoms with Gasteiger partial charge in [0.25, 0.3) is 0 Å². The number of aliphatic carboxylic acids is 1. The van der Waals surface area contributed by atoms with Gasteiger partial charge in [0.1, 0.15) is 5.54 Å². The molecule has 18 heavy (non-hydrogen) atoms. The molecular formula is C13H26N2O3. The van der Waals surface area contributed by atoms with Gasteiger partial charge >= 0.3 is 5.97 Å². The summed E-state index contributed by atoms with van der Waals surface area (Å²) in [4.78, 5) is 13.8. The lowest BCUT2D eigenvalue weighted by Crippen LogP contribution is -2.52. The Bertz CT molecular complexity index is 255. The summed E-state index contributed by atoms with van der Waals surface area (Å²) < 4.78 is 5.30. The Kier molecular flexibility index (Phi) is 6.60. The lowest BCUT2D eigenvalue weighted by molar-refractivity contribution is -0.145. The van der Waals surface area contributed by atoms with Gasteiger partial charge in [0.15, 0.2) is 0 Å². The average Bonchev–Trinajstić information content (AvgIpc) is 2.38. The van der Waals surface area contributed by atoms with Crippen LogP contribution in [-0.2, 0) is 9.53 Å². The van der Waals surface area contributed by atoms with E-state index in [4.69, 9.17) is 4.74 Å². The molecule has 0 spiro atoms. The quantitative estimate of drug-likeness (QED) is 0.678. The van der Waals surface area contributed by atoms with Crippen molar-refractivity contribution in [2.24, 2.45) is 0 Å². The zero-order valence-corrected chi connectivity index (χ0v) is 11.6. The first-order valence-corrected chi connectivity index (χ1v) is 6.93. The molecule has 0 aliphatic carbocycles. The minimum atomic E-state index is -0.749. The molecular weight excluding hydrogens is 232 g/mol. The van der Waals surface area contributed by atoms with Crippen LogP contribution in [0.15, 0.2) is 0 Å². The fourth-order valence-corrected chi connectivity index (χ4v) is 2.49. The monoisotopic (exact) mass is 258 g/mol. The maximum absolute atomic E-state index is 11.4. The summed E-state index contributed by atoms with van der Waals surface area (Å²) in [6, 6.07) is 0. The molecule has 1 aliphatic rings. The van der Waals surface area contributed by atoms with E-state index in [0.717, 1.165) is 39.3 Å². The van der Waals surface area contributed by atoms with Crippen molar-refractivity contribution in [3.63, 3.8) is 0 Å². The van der Waals surface area contributed by atoms with Gasteiger partial charge in [-0.2, -0.15) is 0 Å². The summed E-state index contributed by atoms with van der Waals surface area (Å²) >= 11 is 0. The van der Waals surface area contributed by atoms with E-state index in [9.17, 15) is 9.90 Å². The molecule has 0 amide bonds. The predicted molar refractivity (Wildman–Crippen MR) is 70.8 cm³/mol. The fraction of sp³-hybridized carbons (Fsp3) is 0.923. The van der Waals surface area contributed by atoms with Crippen molar-refractivity contribution in [1.29, 1.82) is 0 Å². The molecule has 1 saturated heterocycles. The van der Waals surface area contributed by atoms with E-state index in [1.165, 1.54) is 0 Å². The zero-order valence-electron chi connectivity index (χ0n) is 11.6. The number of hydrogen-bond acceptors (Lipinski definition) is 4. The summed E-state index contributed by atoms with van der Waals surface area (Å²) in [6.07, 6.45) is 2.22. The van der Waals surface area contributed by atoms with Crippen LogP contribution in [0.5, 0.6) is 0 Å². The van der Waals surface area contributed by atoms with Crippen molar-refractivity contribution in [1.82, 2.24) is 10.2 Å². The third-order valence-electron chi connectivity index (χ3n) is 3.71. The van der Waals surface area contributed by atoms with Gasteiger partial charge in [0.2, 0.25) is 0 Å². The van der Waals surface area contributed by atoms with E-state index in [-0.39, 0.29) is 0 Å². The van der Waals surface area contributed by atoms with Crippen molar-refractivity contribution in [3.05, 3.63) is 0 Å². The first-order chi connectivity index (χ1) is 8.64. The van der Waals surface area contributed by atoms with Gasteiger partial charge in [-0.1, -0.05) is 13.8 Å². The van der Waals surface area contributed by atoms with Crippen molar-refractivity contribution in [2.45, 2.75) is 38.6 Å². The zero-order chi connectivity index (χ0) is 13.4. The van der Waals surface area contributed by atoms with Crippen molar-refractivity contribution < 1.29 is 14.6 Å². The second-order valence-corrected chi connectivity index (χ2v) is 4.83. The minimum Gasteiger partial charge on any atom is -0.480 e. The Balaban J connectivity index is 2.38. The molecule has 106 valence electrons. The summed E-state index contributed by atoms with van der Waals surface area (Å²) in [5.74, 6) is -0.728. The number of rotatable bonds is 8. The normalized spacial score (nSPS) is 20.6. The number of nitrogens with one attached hydrogen (secondary N) is 1. The molecule has 5 nitrogen and oxygen atoms in total. The summed E-state index contributed by atoms with van der Waals surface area (Å²) in [5, 5.41) is 12.5. The molecule has 2 N–H and O–H groups in total. The van der Waals surface area contributed by atoms with Crippen molar-refractivity contribution in [2.75, 3.05) is 39.4 Å². The lowest BCUT2D eigenvalue weighted by Gasteiger charge is -2.31. The number of carboxylic acid groups (broad SMARTS) is 1. The van der Waals surface area contributed by atoms with Crippen LogP contribution < -0.4 is 5.32 Å². The first kappa shape index (κ1) is 15.4. The number of hydrogen-bond donors (Lipinski definition) is 2. The topological polar surface area (TPSA) is 61.8 Å². The molecule has 1 heterocycles. The molecule has 0 radical (unpaired) electrons. The number of carbonyl (C=O) groups is 1. The fourth-order valence-electron chi connectivity index (χ4n) is 2.49. The smallest absolute Gasteiger partial charge is 0.323 e. The average molecular weight is 258 g/mol. The maximum atomic E-state index is 11.4. The van der Waals surface area contributed by atoms with Gasteiger partial charge in [-0.3, -0.25) is 9.69 Å². The highest BCUT2D eigenvalue weighted by Crippen LogP contribution is 2.18. The first-order valence-electron chi connectivity index (χ1n) is 6.93. The highest BCUT2D eigenvalue weighted by atomic mass is 16.5. The SMILES string of the molecule is CCNC(CC)(CCCN1CCOCC1)C(=O)O. The maximum Gasteiger partial charge on any atom is 0.323 e. The van der Waals surface area contributed by atoms with Gasteiger partial charge in [-0.15, -0.1) is 0 Å². The molecule has 5 heteroatoms. The molecule has 1 fully saturated rings. The summed E-state index contributed by atoms with van der Waals surface area (Å²) in [6.45, 7) is 9.07. The molecule has 1 aliphatic heterocycles. The molecule has 1 rings (SSSR count). The van der Waals surface area contributed by atoms with E-state index in [0.29, 0.717) is 19.4 Å². The number of carboxylic acids is 1. The molecule has 1 atom stereocenters. The van der Waals surface area contributed by atoms with Crippen LogP contribution in [0.3, 0.4) is 0 Å². The number of ether oxygens (including phenoxy) is 1. The van der Waals surface area contributed by atoms with Gasteiger partial charge in [-0.25, -0.2) is 0 Å². The molecule has 1 unspecified atom stereocenters. The third-order valence-corrected chi connectivity index (χ3v) is 3.71. The minimum absolute atomic E-state index is 0.624. The van der Waals surface area contributed by atoms with E-state index in [2.05, 4.69) is 10.2 Å². The summed E-state index contributed by atoms with van der Waals surface area (Å²) in [7, 11) is 0. The van der Waals surface area contributed by atoms with Crippen LogP contribution in [0.1, 0.15) is 33.1 Å². The van der Waals surface area contributed by atoms with Crippen LogP contribution >= 0.6 is 0 Å². The highest BCUT2D eigenvalue weighted by molar-refractivity contribution is 5.78.